The first kappa shape index (κ1) is 24.8. The van der Waals surface area contributed by atoms with Crippen molar-refractivity contribution in [3.8, 4) is 5.75 Å². The molecule has 4 rings (SSSR count). The number of ketones is 1. The zero-order chi connectivity index (χ0) is 25.5. The maximum Gasteiger partial charge on any atom is 0.416 e. The second-order valence-electron chi connectivity index (χ2n) is 7.75. The number of Topliss-reactive ketones (excluding diaryl/α,β-unsaturated/α-hetero) is 1. The summed E-state index contributed by atoms with van der Waals surface area (Å²) >= 11 is 0. The van der Waals surface area contributed by atoms with Crippen LogP contribution < -0.4 is 4.74 Å². The monoisotopic (exact) mass is 500 g/mol. The van der Waals surface area contributed by atoms with Gasteiger partial charge in [-0.1, -0.05) is 11.3 Å². The summed E-state index contributed by atoms with van der Waals surface area (Å²) in [4.78, 5) is 16.5. The zero-order valence-electron chi connectivity index (χ0n) is 18.8. The molecule has 0 aliphatic heterocycles. The molecular formula is C25H20F4N4O3. The molecule has 0 aliphatic carbocycles. The molecule has 0 N–H and O–H groups in total. The Morgan fingerprint density at radius 3 is 2.61 bits per heavy atom. The topological polar surface area (TPSA) is 83.0 Å². The van der Waals surface area contributed by atoms with Crippen LogP contribution in [0.3, 0.4) is 0 Å². The van der Waals surface area contributed by atoms with Gasteiger partial charge < -0.3 is 9.15 Å². The Balaban J connectivity index is 1.27. The highest BCUT2D eigenvalue weighted by atomic mass is 19.4. The van der Waals surface area contributed by atoms with Gasteiger partial charge >= 0.3 is 6.18 Å². The third kappa shape index (κ3) is 6.65. The summed E-state index contributed by atoms with van der Waals surface area (Å²) < 4.78 is 64.5. The maximum absolute atomic E-state index is 13.9. The first-order valence-corrected chi connectivity index (χ1v) is 10.9. The molecule has 0 aliphatic rings. The first-order chi connectivity index (χ1) is 17.3. The number of hydrogen-bond donors (Lipinski definition) is 0. The molecule has 186 valence electrons. The molecule has 0 unspecified atom stereocenters. The van der Waals surface area contributed by atoms with Crippen LogP contribution in [0.4, 0.5) is 17.6 Å². The number of hydrogen-bond acceptors (Lipinski definition) is 6. The van der Waals surface area contributed by atoms with Crippen molar-refractivity contribution < 1.29 is 31.5 Å². The summed E-state index contributed by atoms with van der Waals surface area (Å²) in [6.07, 6.45) is 3.71. The number of alkyl halides is 3. The Bertz CT molecular complexity index is 1330. The standard InChI is InChI=1S/C25H20F4N4O3/c26-22-14-19(25(27,28)29)7-3-17(22)6-10-24-31-20(16-36-24)15-35-21-8-4-18(5-9-21)23(34)2-1-12-33-13-11-30-32-33/h3-11,13-14,16H,1-2,12,15H2. The molecule has 4 aromatic rings. The van der Waals surface area contributed by atoms with Crippen molar-refractivity contribution in [2.24, 2.45) is 0 Å². The van der Waals surface area contributed by atoms with Gasteiger partial charge in [-0.2, -0.15) is 13.2 Å². The Morgan fingerprint density at radius 2 is 1.92 bits per heavy atom. The van der Waals surface area contributed by atoms with Crippen molar-refractivity contribution in [1.29, 1.82) is 0 Å². The van der Waals surface area contributed by atoms with Crippen molar-refractivity contribution >= 4 is 17.9 Å². The van der Waals surface area contributed by atoms with E-state index in [4.69, 9.17) is 9.15 Å². The molecule has 2 aromatic carbocycles. The van der Waals surface area contributed by atoms with Crippen LogP contribution in [-0.4, -0.2) is 25.8 Å². The number of aromatic nitrogens is 4. The summed E-state index contributed by atoms with van der Waals surface area (Å²) in [6, 6.07) is 9.00. The first-order valence-electron chi connectivity index (χ1n) is 10.9. The van der Waals surface area contributed by atoms with Gasteiger partial charge in [0, 0.05) is 36.4 Å². The second-order valence-corrected chi connectivity index (χ2v) is 7.75. The Kier molecular flexibility index (Phi) is 7.57. The third-order valence-electron chi connectivity index (χ3n) is 5.13. The average Bonchev–Trinajstić information content (AvgIpc) is 3.54. The fourth-order valence-electron chi connectivity index (χ4n) is 3.26. The van der Waals surface area contributed by atoms with Crippen LogP contribution in [0, 0.1) is 5.82 Å². The molecule has 0 atom stereocenters. The van der Waals surface area contributed by atoms with E-state index in [2.05, 4.69) is 15.3 Å². The lowest BCUT2D eigenvalue weighted by Gasteiger charge is -2.07. The van der Waals surface area contributed by atoms with Gasteiger partial charge in [-0.25, -0.2) is 9.37 Å². The van der Waals surface area contributed by atoms with Gasteiger partial charge in [0.25, 0.3) is 0 Å². The summed E-state index contributed by atoms with van der Waals surface area (Å²) in [5, 5.41) is 7.57. The summed E-state index contributed by atoms with van der Waals surface area (Å²) in [7, 11) is 0. The molecule has 36 heavy (non-hydrogen) atoms. The van der Waals surface area contributed by atoms with Crippen molar-refractivity contribution in [2.45, 2.75) is 32.2 Å². The van der Waals surface area contributed by atoms with Crippen LogP contribution in [0.2, 0.25) is 0 Å². The fourth-order valence-corrected chi connectivity index (χ4v) is 3.26. The lowest BCUT2D eigenvalue weighted by molar-refractivity contribution is -0.137. The number of halogens is 4. The summed E-state index contributed by atoms with van der Waals surface area (Å²) in [6.45, 7) is 0.693. The minimum Gasteiger partial charge on any atom is -0.487 e. The molecule has 2 heterocycles. The lowest BCUT2D eigenvalue weighted by atomic mass is 10.1. The Labute approximate surface area is 203 Å². The minimum absolute atomic E-state index is 0.0130. The number of oxazole rings is 1. The quantitative estimate of drug-likeness (QED) is 0.201. The molecule has 11 heteroatoms. The van der Waals surface area contributed by atoms with E-state index in [1.165, 1.54) is 18.4 Å². The molecule has 7 nitrogen and oxygen atoms in total. The van der Waals surface area contributed by atoms with Crippen molar-refractivity contribution in [1.82, 2.24) is 20.0 Å². The summed E-state index contributed by atoms with van der Waals surface area (Å²) in [5.41, 5.74) is -0.0681. The number of benzene rings is 2. The number of carbonyl (C=O) groups is 1. The van der Waals surface area contributed by atoms with Crippen LogP contribution >= 0.6 is 0 Å². The smallest absolute Gasteiger partial charge is 0.416 e. The van der Waals surface area contributed by atoms with E-state index < -0.39 is 17.6 Å². The van der Waals surface area contributed by atoms with E-state index in [1.807, 2.05) is 0 Å². The van der Waals surface area contributed by atoms with Gasteiger partial charge in [0.05, 0.1) is 11.8 Å². The Hall–Kier alpha value is -4.28. The SMILES string of the molecule is O=C(CCCn1ccnn1)c1ccc(OCc2coc(C=Cc3ccc(C(F)(F)F)cc3F)n2)cc1. The number of aryl methyl sites for hydroxylation is 1. The van der Waals surface area contributed by atoms with E-state index in [9.17, 15) is 22.4 Å². The molecule has 0 amide bonds. The van der Waals surface area contributed by atoms with Crippen LogP contribution in [0.25, 0.3) is 12.2 Å². The molecule has 0 fully saturated rings. The van der Waals surface area contributed by atoms with Gasteiger partial charge in [-0.3, -0.25) is 9.48 Å². The molecule has 2 aromatic heterocycles. The predicted octanol–water partition coefficient (Wildman–Crippen LogP) is 5.84. The molecule has 0 radical (unpaired) electrons. The second kappa shape index (κ2) is 11.0. The number of ether oxygens (including phenoxy) is 1. The Morgan fingerprint density at radius 1 is 1.11 bits per heavy atom. The maximum atomic E-state index is 13.9. The molecule has 0 saturated heterocycles. The highest BCUT2D eigenvalue weighted by Gasteiger charge is 2.31. The molecule has 0 spiro atoms. The van der Waals surface area contributed by atoms with Gasteiger partial charge in [0.2, 0.25) is 5.89 Å². The van der Waals surface area contributed by atoms with E-state index in [0.717, 1.165) is 12.1 Å². The number of carbonyl (C=O) groups excluding carboxylic acids is 1. The lowest BCUT2D eigenvalue weighted by Crippen LogP contribution is -2.05. The number of nitrogens with zero attached hydrogens (tertiary/aromatic N) is 4. The van der Waals surface area contributed by atoms with E-state index in [-0.39, 0.29) is 23.8 Å². The summed E-state index contributed by atoms with van der Waals surface area (Å²) in [5.74, 6) is -0.326. The van der Waals surface area contributed by atoms with Crippen LogP contribution in [0.1, 0.15) is 45.9 Å². The molecule has 0 bridgehead atoms. The highest BCUT2D eigenvalue weighted by molar-refractivity contribution is 5.96. The molecular weight excluding hydrogens is 480 g/mol. The van der Waals surface area contributed by atoms with E-state index in [1.54, 1.807) is 41.3 Å². The van der Waals surface area contributed by atoms with Gasteiger partial charge in [-0.15, -0.1) is 5.10 Å². The van der Waals surface area contributed by atoms with Crippen LogP contribution in [-0.2, 0) is 19.3 Å². The highest BCUT2D eigenvalue weighted by Crippen LogP contribution is 2.30. The normalized spacial score (nSPS) is 11.8. The zero-order valence-corrected chi connectivity index (χ0v) is 18.8. The third-order valence-corrected chi connectivity index (χ3v) is 5.13. The van der Waals surface area contributed by atoms with Crippen molar-refractivity contribution in [2.75, 3.05) is 0 Å². The van der Waals surface area contributed by atoms with Crippen molar-refractivity contribution in [3.63, 3.8) is 0 Å². The van der Waals surface area contributed by atoms with Gasteiger partial charge in [0.1, 0.15) is 30.1 Å². The largest absolute Gasteiger partial charge is 0.487 e. The van der Waals surface area contributed by atoms with Crippen molar-refractivity contribution in [3.05, 3.63) is 95.2 Å². The molecule has 0 saturated carbocycles. The van der Waals surface area contributed by atoms with Crippen LogP contribution in [0.15, 0.2) is 65.5 Å². The average molecular weight is 500 g/mol. The van der Waals surface area contributed by atoms with Gasteiger partial charge in [0.15, 0.2) is 5.78 Å². The predicted molar refractivity (Wildman–Crippen MR) is 121 cm³/mol. The van der Waals surface area contributed by atoms with E-state index >= 15 is 0 Å². The van der Waals surface area contributed by atoms with Gasteiger partial charge in [-0.05, 0) is 48.9 Å². The number of rotatable bonds is 10. The minimum atomic E-state index is -4.62. The van der Waals surface area contributed by atoms with E-state index in [0.29, 0.717) is 42.5 Å². The fraction of sp³-hybridized carbons (Fsp3) is 0.200. The van der Waals surface area contributed by atoms with Crippen LogP contribution in [0.5, 0.6) is 5.75 Å².